The van der Waals surface area contributed by atoms with Crippen molar-refractivity contribution in [3.8, 4) is 0 Å². The molecule has 0 amide bonds. The molecule has 1 aromatic heterocycles. The quantitative estimate of drug-likeness (QED) is 0.785. The van der Waals surface area contributed by atoms with E-state index < -0.39 is 10.2 Å². The van der Waals surface area contributed by atoms with Crippen LogP contribution in [0.1, 0.15) is 31.1 Å². The molecule has 1 aliphatic rings. The minimum absolute atomic E-state index is 0.0580. The summed E-state index contributed by atoms with van der Waals surface area (Å²) in [7, 11) is -3.42. The Morgan fingerprint density at radius 2 is 2.35 bits per heavy atom. The Kier molecular flexibility index (Phi) is 5.91. The van der Waals surface area contributed by atoms with E-state index in [0.29, 0.717) is 13.1 Å². The van der Waals surface area contributed by atoms with Gasteiger partial charge >= 0.3 is 0 Å². The minimum atomic E-state index is -3.42. The van der Waals surface area contributed by atoms with Crippen LogP contribution in [0.4, 0.5) is 0 Å². The van der Waals surface area contributed by atoms with Gasteiger partial charge in [-0.15, -0.1) is 11.3 Å². The Morgan fingerprint density at radius 3 is 3.05 bits per heavy atom. The van der Waals surface area contributed by atoms with Crippen LogP contribution in [0, 0.1) is 0 Å². The van der Waals surface area contributed by atoms with Gasteiger partial charge in [0.15, 0.2) is 0 Å². The molecule has 2 rings (SSSR count). The van der Waals surface area contributed by atoms with Crippen LogP contribution in [0.15, 0.2) is 11.7 Å². The summed E-state index contributed by atoms with van der Waals surface area (Å²) in [6, 6.07) is 0.0580. The lowest BCUT2D eigenvalue weighted by atomic mass is 10.1. The van der Waals surface area contributed by atoms with Crippen LogP contribution >= 0.6 is 11.3 Å². The van der Waals surface area contributed by atoms with Crippen LogP contribution in [0.2, 0.25) is 0 Å². The van der Waals surface area contributed by atoms with Gasteiger partial charge in [0.1, 0.15) is 0 Å². The van der Waals surface area contributed by atoms with Crippen molar-refractivity contribution >= 4 is 21.5 Å². The maximum atomic E-state index is 12.4. The van der Waals surface area contributed by atoms with Gasteiger partial charge in [-0.25, -0.2) is 0 Å². The zero-order valence-electron chi connectivity index (χ0n) is 11.7. The molecule has 1 aliphatic heterocycles. The SMILES string of the molecule is CCNCC1CCCCN1S(=O)(=O)NCc1cncs1. The Balaban J connectivity index is 1.97. The van der Waals surface area contributed by atoms with Crippen LogP contribution in [-0.2, 0) is 16.8 Å². The van der Waals surface area contributed by atoms with Crippen molar-refractivity contribution in [2.75, 3.05) is 19.6 Å². The standard InChI is InChI=1S/C12H22N4O2S2/c1-2-13-7-11-5-3-4-6-16(11)20(17,18)15-9-12-8-14-10-19-12/h8,10-11,13,15H,2-7,9H2,1H3. The Hall–Kier alpha value is -0.540. The number of nitrogens with zero attached hydrogens (tertiary/aromatic N) is 2. The molecule has 2 N–H and O–H groups in total. The maximum absolute atomic E-state index is 12.4. The van der Waals surface area contributed by atoms with Gasteiger partial charge in [-0.05, 0) is 19.4 Å². The highest BCUT2D eigenvalue weighted by Crippen LogP contribution is 2.19. The molecule has 8 heteroatoms. The largest absolute Gasteiger partial charge is 0.315 e. The number of hydrogen-bond donors (Lipinski definition) is 2. The highest BCUT2D eigenvalue weighted by atomic mass is 32.2. The molecule has 0 aliphatic carbocycles. The molecule has 0 spiro atoms. The van der Waals surface area contributed by atoms with Crippen molar-refractivity contribution in [3.63, 3.8) is 0 Å². The summed E-state index contributed by atoms with van der Waals surface area (Å²) in [5.74, 6) is 0. The molecule has 0 aromatic carbocycles. The third-order valence-corrected chi connectivity index (χ3v) is 5.81. The molecule has 0 bridgehead atoms. The lowest BCUT2D eigenvalue weighted by molar-refractivity contribution is 0.244. The minimum Gasteiger partial charge on any atom is -0.315 e. The van der Waals surface area contributed by atoms with Crippen molar-refractivity contribution in [2.45, 2.75) is 38.8 Å². The second-order valence-corrected chi connectivity index (χ2v) is 7.54. The zero-order valence-corrected chi connectivity index (χ0v) is 13.3. The summed E-state index contributed by atoms with van der Waals surface area (Å²) in [4.78, 5) is 4.88. The van der Waals surface area contributed by atoms with E-state index in [-0.39, 0.29) is 6.04 Å². The molecule has 20 heavy (non-hydrogen) atoms. The van der Waals surface area contributed by atoms with Crippen LogP contribution in [0.5, 0.6) is 0 Å². The Morgan fingerprint density at radius 1 is 1.50 bits per heavy atom. The number of likely N-dealkylation sites (N-methyl/N-ethyl adjacent to an activating group) is 1. The average Bonchev–Trinajstić information content (AvgIpc) is 2.97. The van der Waals surface area contributed by atoms with Crippen LogP contribution in [0.3, 0.4) is 0 Å². The molecule has 6 nitrogen and oxygen atoms in total. The third kappa shape index (κ3) is 4.23. The summed E-state index contributed by atoms with van der Waals surface area (Å²) in [6.45, 7) is 4.53. The summed E-state index contributed by atoms with van der Waals surface area (Å²) < 4.78 is 29.1. The van der Waals surface area contributed by atoms with E-state index in [2.05, 4.69) is 15.0 Å². The van der Waals surface area contributed by atoms with Crippen molar-refractivity contribution < 1.29 is 8.42 Å². The van der Waals surface area contributed by atoms with E-state index in [1.165, 1.54) is 11.3 Å². The van der Waals surface area contributed by atoms with E-state index in [0.717, 1.165) is 37.2 Å². The van der Waals surface area contributed by atoms with Gasteiger partial charge in [0.2, 0.25) is 0 Å². The van der Waals surface area contributed by atoms with Crippen molar-refractivity contribution in [3.05, 3.63) is 16.6 Å². The smallest absolute Gasteiger partial charge is 0.280 e. The molecule has 2 heterocycles. The number of thiazole rings is 1. The van der Waals surface area contributed by atoms with Gasteiger partial charge in [-0.1, -0.05) is 13.3 Å². The average molecular weight is 318 g/mol. The molecule has 114 valence electrons. The number of piperidine rings is 1. The van der Waals surface area contributed by atoms with Gasteiger partial charge in [0.25, 0.3) is 10.2 Å². The third-order valence-electron chi connectivity index (χ3n) is 3.42. The molecular weight excluding hydrogens is 296 g/mol. The van der Waals surface area contributed by atoms with Crippen LogP contribution in [0.25, 0.3) is 0 Å². The lowest BCUT2D eigenvalue weighted by Gasteiger charge is -2.34. The van der Waals surface area contributed by atoms with Gasteiger partial charge in [0.05, 0.1) is 5.51 Å². The lowest BCUT2D eigenvalue weighted by Crippen LogP contribution is -2.52. The molecule has 0 saturated carbocycles. The Bertz CT molecular complexity index is 490. The van der Waals surface area contributed by atoms with Crippen molar-refractivity contribution in [1.29, 1.82) is 0 Å². The summed E-state index contributed by atoms with van der Waals surface area (Å²) in [5, 5.41) is 3.25. The molecule has 1 atom stereocenters. The first-order valence-electron chi connectivity index (χ1n) is 6.98. The number of nitrogens with one attached hydrogen (secondary N) is 2. The highest BCUT2D eigenvalue weighted by Gasteiger charge is 2.31. The summed E-state index contributed by atoms with van der Waals surface area (Å²) in [5.41, 5.74) is 1.71. The fraction of sp³-hybridized carbons (Fsp3) is 0.750. The highest BCUT2D eigenvalue weighted by molar-refractivity contribution is 7.87. The monoisotopic (exact) mass is 318 g/mol. The van der Waals surface area contributed by atoms with E-state index in [1.807, 2.05) is 6.92 Å². The second-order valence-electron chi connectivity index (χ2n) is 4.86. The van der Waals surface area contributed by atoms with E-state index in [4.69, 9.17) is 0 Å². The van der Waals surface area contributed by atoms with E-state index >= 15 is 0 Å². The van der Waals surface area contributed by atoms with Gasteiger partial charge < -0.3 is 5.32 Å². The van der Waals surface area contributed by atoms with Gasteiger partial charge in [-0.3, -0.25) is 4.98 Å². The molecule has 1 saturated heterocycles. The van der Waals surface area contributed by atoms with E-state index in [9.17, 15) is 8.42 Å². The Labute approximate surface area is 124 Å². The molecule has 1 unspecified atom stereocenters. The topological polar surface area (TPSA) is 74.3 Å². The summed E-state index contributed by atoms with van der Waals surface area (Å²) >= 11 is 1.46. The van der Waals surface area contributed by atoms with Crippen molar-refractivity contribution in [2.24, 2.45) is 0 Å². The molecular formula is C12H22N4O2S2. The first-order valence-corrected chi connectivity index (χ1v) is 9.30. The number of rotatable bonds is 7. The number of aromatic nitrogens is 1. The first-order chi connectivity index (χ1) is 9.63. The fourth-order valence-electron chi connectivity index (χ4n) is 2.38. The fourth-order valence-corrected chi connectivity index (χ4v) is 4.45. The molecule has 1 fully saturated rings. The zero-order chi connectivity index (χ0) is 14.4. The van der Waals surface area contributed by atoms with Gasteiger partial charge in [-0.2, -0.15) is 17.4 Å². The number of hydrogen-bond acceptors (Lipinski definition) is 5. The van der Waals surface area contributed by atoms with Crippen molar-refractivity contribution in [1.82, 2.24) is 19.3 Å². The maximum Gasteiger partial charge on any atom is 0.280 e. The van der Waals surface area contributed by atoms with Crippen LogP contribution in [-0.4, -0.2) is 43.4 Å². The summed E-state index contributed by atoms with van der Waals surface area (Å²) in [6.07, 6.45) is 4.65. The van der Waals surface area contributed by atoms with Crippen LogP contribution < -0.4 is 10.0 Å². The van der Waals surface area contributed by atoms with Gasteiger partial charge in [0, 0.05) is 36.8 Å². The second kappa shape index (κ2) is 7.46. The van der Waals surface area contributed by atoms with E-state index in [1.54, 1.807) is 16.0 Å². The molecule has 0 radical (unpaired) electrons. The first kappa shape index (κ1) is 15.8. The predicted molar refractivity (Wildman–Crippen MR) is 80.8 cm³/mol. The normalized spacial score (nSPS) is 21.1. The predicted octanol–water partition coefficient (Wildman–Crippen LogP) is 0.942. The molecule has 1 aromatic rings.